The Bertz CT molecular complexity index is 1420. The van der Waals surface area contributed by atoms with Crippen molar-refractivity contribution in [2.75, 3.05) is 11.5 Å². The Labute approximate surface area is 201 Å². The van der Waals surface area contributed by atoms with Gasteiger partial charge in [-0.2, -0.15) is 0 Å². The van der Waals surface area contributed by atoms with E-state index in [1.807, 2.05) is 25.1 Å². The van der Waals surface area contributed by atoms with E-state index in [0.717, 1.165) is 27.6 Å². The fraction of sp³-hybridized carbons (Fsp3) is 0.217. The van der Waals surface area contributed by atoms with E-state index in [9.17, 15) is 13.2 Å². The normalized spacial score (nSPS) is 12.7. The van der Waals surface area contributed by atoms with Crippen molar-refractivity contribution < 1.29 is 18.3 Å². The molecule has 174 valence electrons. The van der Waals surface area contributed by atoms with Crippen molar-refractivity contribution in [1.82, 2.24) is 8.96 Å². The van der Waals surface area contributed by atoms with Crippen LogP contribution in [0.25, 0.3) is 27.2 Å². The summed E-state index contributed by atoms with van der Waals surface area (Å²) in [6.07, 6.45) is 5.70. The number of carbonyl (C=O) groups is 1. The van der Waals surface area contributed by atoms with Gasteiger partial charge in [0.15, 0.2) is 5.13 Å². The van der Waals surface area contributed by atoms with Crippen molar-refractivity contribution in [3.63, 3.8) is 0 Å². The zero-order valence-electron chi connectivity index (χ0n) is 18.1. The molecule has 1 unspecified atom stereocenters. The highest BCUT2D eigenvalue weighted by molar-refractivity contribution is 7.90. The molecule has 2 aromatic heterocycles. The molecule has 0 fully saturated rings. The number of nitrogens with two attached hydrogens (primary N) is 1. The molecule has 10 heteroatoms. The third-order valence-electron chi connectivity index (χ3n) is 5.00. The predicted molar refractivity (Wildman–Crippen MR) is 136 cm³/mol. The Kier molecular flexibility index (Phi) is 7.78. The minimum atomic E-state index is -3.51. The van der Waals surface area contributed by atoms with Crippen molar-refractivity contribution in [1.29, 1.82) is 0 Å². The Morgan fingerprint density at radius 1 is 1.27 bits per heavy atom. The molecular formula is C23H24ClN3O4S2. The summed E-state index contributed by atoms with van der Waals surface area (Å²) < 4.78 is 27.6. The number of halogens is 1. The quantitative estimate of drug-likeness (QED) is 0.357. The minimum Gasteiger partial charge on any atom is -0.481 e. The maximum atomic E-state index is 12.7. The number of hydrogen-bond acceptors (Lipinski definition) is 6. The number of nitrogens with zero attached hydrogens (tertiary/aromatic N) is 2. The molecule has 2 heterocycles. The number of benzene rings is 2. The first kappa shape index (κ1) is 24.8. The molecule has 0 amide bonds. The van der Waals surface area contributed by atoms with Crippen LogP contribution in [0.3, 0.4) is 0 Å². The SMILES string of the molecule is CCC(C)C(=O)O.Nc1nc2ccc(C=CCS(=O)(=O)n3ccc4cc(Cl)ccc43)cc2s1. The van der Waals surface area contributed by atoms with Gasteiger partial charge in [-0.25, -0.2) is 17.4 Å². The molecule has 4 rings (SSSR count). The maximum Gasteiger partial charge on any atom is 0.306 e. The van der Waals surface area contributed by atoms with Gasteiger partial charge in [-0.1, -0.05) is 55.0 Å². The van der Waals surface area contributed by atoms with Gasteiger partial charge in [0.25, 0.3) is 0 Å². The van der Waals surface area contributed by atoms with E-state index >= 15 is 0 Å². The van der Waals surface area contributed by atoms with Gasteiger partial charge in [-0.15, -0.1) is 0 Å². The molecular weight excluding hydrogens is 482 g/mol. The first-order valence-electron chi connectivity index (χ1n) is 10.2. The standard InChI is InChI=1S/C18H14ClN3O2S2.C5H10O2/c19-14-4-6-16-13(11-14)7-8-22(16)26(23,24)9-1-2-12-3-5-15-17(10-12)25-18(20)21-15;1-3-4(2)5(6)7/h1-8,10-11H,9H2,(H2,20,21);4H,3H2,1-2H3,(H,6,7). The lowest BCUT2D eigenvalue weighted by atomic mass is 10.1. The second kappa shape index (κ2) is 10.4. The molecule has 0 saturated carbocycles. The lowest BCUT2D eigenvalue weighted by molar-refractivity contribution is -0.141. The maximum absolute atomic E-state index is 12.7. The number of carboxylic acids is 1. The lowest BCUT2D eigenvalue weighted by Crippen LogP contribution is -2.14. The average Bonchev–Trinajstić information content (AvgIpc) is 3.35. The van der Waals surface area contributed by atoms with Gasteiger partial charge in [0.1, 0.15) is 0 Å². The summed E-state index contributed by atoms with van der Waals surface area (Å²) in [7, 11) is -3.51. The second-order valence-electron chi connectivity index (χ2n) is 7.42. The summed E-state index contributed by atoms with van der Waals surface area (Å²) in [5, 5.41) is 10.1. The Morgan fingerprint density at radius 3 is 2.70 bits per heavy atom. The minimum absolute atomic E-state index is 0.109. The van der Waals surface area contributed by atoms with Gasteiger partial charge in [0.05, 0.1) is 27.4 Å². The van der Waals surface area contributed by atoms with E-state index in [1.54, 1.807) is 49.5 Å². The highest BCUT2D eigenvalue weighted by Crippen LogP contribution is 2.25. The third kappa shape index (κ3) is 6.13. The van der Waals surface area contributed by atoms with Gasteiger partial charge in [-0.3, -0.25) is 4.79 Å². The molecule has 0 radical (unpaired) electrons. The van der Waals surface area contributed by atoms with Crippen LogP contribution in [-0.4, -0.2) is 34.2 Å². The summed E-state index contributed by atoms with van der Waals surface area (Å²) in [6.45, 7) is 3.56. The molecule has 3 N–H and O–H groups in total. The van der Waals surface area contributed by atoms with Crippen molar-refractivity contribution in [2.24, 2.45) is 5.92 Å². The summed E-state index contributed by atoms with van der Waals surface area (Å²) in [4.78, 5) is 14.1. The van der Waals surface area contributed by atoms with Crippen molar-refractivity contribution in [2.45, 2.75) is 20.3 Å². The van der Waals surface area contributed by atoms with Crippen LogP contribution in [0.4, 0.5) is 5.13 Å². The number of rotatable bonds is 6. The summed E-state index contributed by atoms with van der Waals surface area (Å²) in [5.74, 6) is -0.995. The molecule has 0 saturated heterocycles. The Hall–Kier alpha value is -2.88. The molecule has 0 aliphatic rings. The molecule has 33 heavy (non-hydrogen) atoms. The highest BCUT2D eigenvalue weighted by atomic mass is 35.5. The lowest BCUT2D eigenvalue weighted by Gasteiger charge is -2.05. The van der Waals surface area contributed by atoms with Crippen LogP contribution in [0.15, 0.2) is 54.7 Å². The molecule has 0 spiro atoms. The summed E-state index contributed by atoms with van der Waals surface area (Å²) in [6, 6.07) is 12.6. The number of anilines is 1. The molecule has 7 nitrogen and oxygen atoms in total. The molecule has 4 aromatic rings. The number of thiazole rings is 1. The van der Waals surface area contributed by atoms with Crippen LogP contribution in [0.2, 0.25) is 5.02 Å². The van der Waals surface area contributed by atoms with E-state index in [4.69, 9.17) is 22.4 Å². The summed E-state index contributed by atoms with van der Waals surface area (Å²) in [5.41, 5.74) is 8.07. The molecule has 2 aromatic carbocycles. The number of nitrogen functional groups attached to an aromatic ring is 1. The smallest absolute Gasteiger partial charge is 0.306 e. The second-order valence-corrected chi connectivity index (χ2v) is 10.8. The van der Waals surface area contributed by atoms with Crippen LogP contribution in [0.1, 0.15) is 25.8 Å². The average molecular weight is 506 g/mol. The van der Waals surface area contributed by atoms with Crippen LogP contribution >= 0.6 is 22.9 Å². The number of aromatic nitrogens is 2. The van der Waals surface area contributed by atoms with Gasteiger partial charge >= 0.3 is 5.97 Å². The first-order valence-corrected chi connectivity index (χ1v) is 13.0. The van der Waals surface area contributed by atoms with Crippen LogP contribution in [-0.2, 0) is 14.8 Å². The van der Waals surface area contributed by atoms with E-state index < -0.39 is 16.0 Å². The fourth-order valence-corrected chi connectivity index (χ4v) is 5.13. The van der Waals surface area contributed by atoms with Crippen LogP contribution in [0.5, 0.6) is 0 Å². The molecule has 1 atom stereocenters. The van der Waals surface area contributed by atoms with Crippen LogP contribution < -0.4 is 5.73 Å². The number of aliphatic carboxylic acids is 1. The van der Waals surface area contributed by atoms with Crippen molar-refractivity contribution in [3.05, 3.63) is 65.3 Å². The summed E-state index contributed by atoms with van der Waals surface area (Å²) >= 11 is 7.36. The number of hydrogen-bond donors (Lipinski definition) is 2. The topological polar surface area (TPSA) is 115 Å². The predicted octanol–water partition coefficient (Wildman–Crippen LogP) is 5.50. The fourth-order valence-electron chi connectivity index (χ4n) is 2.95. The van der Waals surface area contributed by atoms with E-state index in [1.165, 1.54) is 15.3 Å². The van der Waals surface area contributed by atoms with Gasteiger partial charge in [-0.05, 0) is 48.4 Å². The van der Waals surface area contributed by atoms with Crippen LogP contribution in [0, 0.1) is 5.92 Å². The van der Waals surface area contributed by atoms with Gasteiger partial charge in [0, 0.05) is 16.6 Å². The molecule has 0 aliphatic heterocycles. The number of fused-ring (bicyclic) bond motifs is 2. The van der Waals surface area contributed by atoms with E-state index in [2.05, 4.69) is 4.98 Å². The molecule has 0 bridgehead atoms. The van der Waals surface area contributed by atoms with Gasteiger partial charge < -0.3 is 10.8 Å². The zero-order chi connectivity index (χ0) is 24.2. The number of carboxylic acid groups (broad SMARTS) is 1. The van der Waals surface area contributed by atoms with Crippen molar-refractivity contribution >= 4 is 71.3 Å². The third-order valence-corrected chi connectivity index (χ3v) is 7.61. The highest BCUT2D eigenvalue weighted by Gasteiger charge is 2.14. The first-order chi connectivity index (χ1) is 15.6. The van der Waals surface area contributed by atoms with E-state index in [0.29, 0.717) is 15.7 Å². The van der Waals surface area contributed by atoms with E-state index in [-0.39, 0.29) is 11.7 Å². The van der Waals surface area contributed by atoms with Gasteiger partial charge in [0.2, 0.25) is 10.0 Å². The Balaban J connectivity index is 0.000000383. The molecule has 0 aliphatic carbocycles. The largest absolute Gasteiger partial charge is 0.481 e. The zero-order valence-corrected chi connectivity index (χ0v) is 20.5. The van der Waals surface area contributed by atoms with Crippen molar-refractivity contribution in [3.8, 4) is 0 Å². The Morgan fingerprint density at radius 2 is 2.03 bits per heavy atom. The monoisotopic (exact) mass is 505 g/mol.